The molecule has 2 nitrogen and oxygen atoms in total. The standard InChI is InChI=1S/C11H11BrO2/c12-7-1-2-8-14-11-5-3-10(9-13)4-6-11/h1-6,9H,7-8H2. The Balaban J connectivity index is 2.43. The predicted molar refractivity (Wildman–Crippen MR) is 60.3 cm³/mol. The molecule has 0 aromatic heterocycles. The predicted octanol–water partition coefficient (Wildman–Crippen LogP) is 2.83. The van der Waals surface area contributed by atoms with E-state index in [9.17, 15) is 4.79 Å². The average Bonchev–Trinajstić information content (AvgIpc) is 2.25. The van der Waals surface area contributed by atoms with Gasteiger partial charge in [0.2, 0.25) is 0 Å². The van der Waals surface area contributed by atoms with Crippen molar-refractivity contribution in [2.24, 2.45) is 0 Å². The Labute approximate surface area is 91.7 Å². The highest BCUT2D eigenvalue weighted by atomic mass is 79.9. The fourth-order valence-electron chi connectivity index (χ4n) is 0.918. The molecule has 0 N–H and O–H groups in total. The zero-order valence-electron chi connectivity index (χ0n) is 7.65. The van der Waals surface area contributed by atoms with Crippen LogP contribution in [0.4, 0.5) is 0 Å². The molecule has 0 radical (unpaired) electrons. The molecule has 3 heteroatoms. The number of rotatable bonds is 5. The highest BCUT2D eigenvalue weighted by molar-refractivity contribution is 9.09. The Bertz CT molecular complexity index is 304. The van der Waals surface area contributed by atoms with Crippen LogP contribution in [0, 0.1) is 0 Å². The topological polar surface area (TPSA) is 26.3 Å². The molecule has 0 atom stereocenters. The Morgan fingerprint density at radius 2 is 1.93 bits per heavy atom. The summed E-state index contributed by atoms with van der Waals surface area (Å²) in [5, 5.41) is 0.834. The van der Waals surface area contributed by atoms with Crippen molar-refractivity contribution in [2.45, 2.75) is 0 Å². The van der Waals surface area contributed by atoms with Crippen LogP contribution in [0.25, 0.3) is 0 Å². The number of carbonyl (C=O) groups excluding carboxylic acids is 1. The molecule has 0 heterocycles. The second kappa shape index (κ2) is 6.38. The molecule has 0 saturated heterocycles. The maximum atomic E-state index is 10.4. The largest absolute Gasteiger partial charge is 0.490 e. The second-order valence-corrected chi connectivity index (χ2v) is 3.27. The minimum atomic E-state index is 0.548. The summed E-state index contributed by atoms with van der Waals surface area (Å²) in [7, 11) is 0. The van der Waals surface area contributed by atoms with Crippen molar-refractivity contribution in [3.8, 4) is 5.75 Å². The zero-order valence-corrected chi connectivity index (χ0v) is 9.24. The van der Waals surface area contributed by atoms with E-state index in [4.69, 9.17) is 4.74 Å². The van der Waals surface area contributed by atoms with E-state index in [1.165, 1.54) is 0 Å². The Morgan fingerprint density at radius 1 is 1.21 bits per heavy atom. The van der Waals surface area contributed by atoms with E-state index in [0.29, 0.717) is 12.2 Å². The molecule has 14 heavy (non-hydrogen) atoms. The minimum absolute atomic E-state index is 0.548. The molecule has 0 aliphatic rings. The fraction of sp³-hybridized carbons (Fsp3) is 0.182. The molecule has 0 bridgehead atoms. The summed E-state index contributed by atoms with van der Waals surface area (Å²) < 4.78 is 5.38. The summed E-state index contributed by atoms with van der Waals surface area (Å²) in [5.74, 6) is 0.773. The zero-order chi connectivity index (χ0) is 10.2. The van der Waals surface area contributed by atoms with Crippen LogP contribution in [-0.4, -0.2) is 18.2 Å². The van der Waals surface area contributed by atoms with Crippen molar-refractivity contribution < 1.29 is 9.53 Å². The van der Waals surface area contributed by atoms with Crippen LogP contribution in [0.1, 0.15) is 10.4 Å². The number of benzene rings is 1. The van der Waals surface area contributed by atoms with Crippen molar-refractivity contribution in [3.63, 3.8) is 0 Å². The van der Waals surface area contributed by atoms with Crippen molar-refractivity contribution in [3.05, 3.63) is 42.0 Å². The van der Waals surface area contributed by atoms with Gasteiger partial charge in [-0.05, 0) is 24.3 Å². The molecular formula is C11H11BrO2. The number of carbonyl (C=O) groups is 1. The lowest BCUT2D eigenvalue weighted by atomic mass is 10.2. The van der Waals surface area contributed by atoms with E-state index in [-0.39, 0.29) is 0 Å². The fourth-order valence-corrected chi connectivity index (χ4v) is 1.18. The van der Waals surface area contributed by atoms with Crippen LogP contribution in [0.3, 0.4) is 0 Å². The number of allylic oxidation sites excluding steroid dienone is 1. The summed E-state index contributed by atoms with van der Waals surface area (Å²) in [6.45, 7) is 0.548. The van der Waals surface area contributed by atoms with Crippen LogP contribution in [-0.2, 0) is 0 Å². The third-order valence-electron chi connectivity index (χ3n) is 1.62. The molecule has 1 rings (SSSR count). The van der Waals surface area contributed by atoms with E-state index in [1.807, 2.05) is 12.2 Å². The molecule has 0 aliphatic carbocycles. The maximum absolute atomic E-state index is 10.4. The van der Waals surface area contributed by atoms with Gasteiger partial charge in [0.25, 0.3) is 0 Å². The minimum Gasteiger partial charge on any atom is -0.490 e. The maximum Gasteiger partial charge on any atom is 0.150 e. The van der Waals surface area contributed by atoms with Gasteiger partial charge in [0.1, 0.15) is 18.6 Å². The molecule has 74 valence electrons. The number of aldehydes is 1. The SMILES string of the molecule is O=Cc1ccc(OCC=CCBr)cc1. The normalized spacial score (nSPS) is 10.4. The van der Waals surface area contributed by atoms with Gasteiger partial charge in [0.15, 0.2) is 0 Å². The van der Waals surface area contributed by atoms with Gasteiger partial charge >= 0.3 is 0 Å². The van der Waals surface area contributed by atoms with Gasteiger partial charge in [0.05, 0.1) is 0 Å². The first-order chi connectivity index (χ1) is 6.86. The van der Waals surface area contributed by atoms with Gasteiger partial charge in [-0.1, -0.05) is 28.1 Å². The highest BCUT2D eigenvalue weighted by Gasteiger charge is 1.92. The lowest BCUT2D eigenvalue weighted by Gasteiger charge is -2.02. The summed E-state index contributed by atoms with van der Waals surface area (Å²) in [6, 6.07) is 7.03. The average molecular weight is 255 g/mol. The van der Waals surface area contributed by atoms with Gasteiger partial charge in [-0.2, -0.15) is 0 Å². The molecule has 1 aromatic rings. The molecular weight excluding hydrogens is 244 g/mol. The van der Waals surface area contributed by atoms with Gasteiger partial charge in [-0.25, -0.2) is 0 Å². The summed E-state index contributed by atoms with van der Waals surface area (Å²) in [5.41, 5.74) is 0.661. The van der Waals surface area contributed by atoms with Gasteiger partial charge in [0, 0.05) is 10.9 Å². The monoisotopic (exact) mass is 254 g/mol. The van der Waals surface area contributed by atoms with Crippen molar-refractivity contribution in [2.75, 3.05) is 11.9 Å². The van der Waals surface area contributed by atoms with E-state index in [0.717, 1.165) is 17.4 Å². The lowest BCUT2D eigenvalue weighted by Crippen LogP contribution is -1.93. The van der Waals surface area contributed by atoms with E-state index < -0.39 is 0 Å². The van der Waals surface area contributed by atoms with Crippen molar-refractivity contribution in [1.82, 2.24) is 0 Å². The molecule has 0 aliphatic heterocycles. The molecule has 0 fully saturated rings. The number of alkyl halides is 1. The van der Waals surface area contributed by atoms with Crippen LogP contribution in [0.2, 0.25) is 0 Å². The Hall–Kier alpha value is -1.09. The first-order valence-electron chi connectivity index (χ1n) is 4.26. The molecule has 0 unspecified atom stereocenters. The summed E-state index contributed by atoms with van der Waals surface area (Å²) in [4.78, 5) is 10.4. The summed E-state index contributed by atoms with van der Waals surface area (Å²) in [6.07, 6.45) is 4.72. The van der Waals surface area contributed by atoms with Crippen molar-refractivity contribution in [1.29, 1.82) is 0 Å². The highest BCUT2D eigenvalue weighted by Crippen LogP contribution is 2.10. The Kier molecular flexibility index (Phi) is 5.00. The smallest absolute Gasteiger partial charge is 0.150 e. The quantitative estimate of drug-likeness (QED) is 0.459. The molecule has 0 saturated carbocycles. The van der Waals surface area contributed by atoms with E-state index in [1.54, 1.807) is 24.3 Å². The first-order valence-corrected chi connectivity index (χ1v) is 5.38. The number of hydrogen-bond acceptors (Lipinski definition) is 2. The number of halogens is 1. The van der Waals surface area contributed by atoms with Crippen LogP contribution in [0.5, 0.6) is 5.75 Å². The third kappa shape index (κ3) is 3.75. The summed E-state index contributed by atoms with van der Waals surface area (Å²) >= 11 is 3.27. The van der Waals surface area contributed by atoms with E-state index in [2.05, 4.69) is 15.9 Å². The van der Waals surface area contributed by atoms with Crippen LogP contribution < -0.4 is 4.74 Å². The second-order valence-electron chi connectivity index (χ2n) is 2.62. The molecule has 1 aromatic carbocycles. The van der Waals surface area contributed by atoms with Crippen LogP contribution in [0.15, 0.2) is 36.4 Å². The molecule has 0 amide bonds. The number of hydrogen-bond donors (Lipinski definition) is 0. The van der Waals surface area contributed by atoms with Crippen molar-refractivity contribution >= 4 is 22.2 Å². The van der Waals surface area contributed by atoms with Gasteiger partial charge < -0.3 is 4.74 Å². The molecule has 0 spiro atoms. The van der Waals surface area contributed by atoms with Gasteiger partial charge in [-0.3, -0.25) is 4.79 Å². The third-order valence-corrected chi connectivity index (χ3v) is 1.99. The van der Waals surface area contributed by atoms with Crippen LogP contribution >= 0.6 is 15.9 Å². The van der Waals surface area contributed by atoms with E-state index >= 15 is 0 Å². The van der Waals surface area contributed by atoms with Gasteiger partial charge in [-0.15, -0.1) is 0 Å². The number of ether oxygens (including phenoxy) is 1. The first kappa shape index (κ1) is 11.0. The lowest BCUT2D eigenvalue weighted by molar-refractivity contribution is 0.112. The Morgan fingerprint density at radius 3 is 2.50 bits per heavy atom.